The van der Waals surface area contributed by atoms with Gasteiger partial charge in [-0.05, 0) is 19.8 Å². The van der Waals surface area contributed by atoms with Gasteiger partial charge in [-0.15, -0.1) is 0 Å². The van der Waals surface area contributed by atoms with E-state index in [4.69, 9.17) is 4.52 Å². The molecule has 0 bridgehead atoms. The number of carbonyl (C=O) groups excluding carboxylic acids is 2. The maximum absolute atomic E-state index is 13.2. The Morgan fingerprint density at radius 3 is 2.81 bits per heavy atom. The van der Waals surface area contributed by atoms with Gasteiger partial charge < -0.3 is 14.7 Å². The van der Waals surface area contributed by atoms with Crippen LogP contribution in [-0.2, 0) is 11.2 Å². The first-order valence-corrected chi connectivity index (χ1v) is 10.5. The number of piperidine rings is 1. The van der Waals surface area contributed by atoms with E-state index in [2.05, 4.69) is 20.4 Å². The van der Waals surface area contributed by atoms with Gasteiger partial charge >= 0.3 is 0 Å². The molecule has 8 heteroatoms. The molecule has 2 amide bonds. The monoisotopic (exact) mass is 419 g/mol. The van der Waals surface area contributed by atoms with Crippen LogP contribution in [0.1, 0.15) is 36.0 Å². The van der Waals surface area contributed by atoms with E-state index >= 15 is 0 Å². The number of amides is 2. The van der Waals surface area contributed by atoms with E-state index in [1.165, 1.54) is 18.6 Å². The first-order valence-electron chi connectivity index (χ1n) is 10.5. The lowest BCUT2D eigenvalue weighted by molar-refractivity contribution is -0.134. The lowest BCUT2D eigenvalue weighted by Gasteiger charge is -2.41. The molecule has 0 radical (unpaired) electrons. The van der Waals surface area contributed by atoms with Crippen LogP contribution in [0.3, 0.4) is 0 Å². The summed E-state index contributed by atoms with van der Waals surface area (Å²) in [5.74, 6) is 0.326. The fourth-order valence-corrected chi connectivity index (χ4v) is 4.11. The van der Waals surface area contributed by atoms with Crippen LogP contribution in [0.5, 0.6) is 0 Å². The van der Waals surface area contributed by atoms with Crippen molar-refractivity contribution in [2.24, 2.45) is 5.41 Å². The SMILES string of the molecule is CCNC(=O)[C@@]1(Cc2cc(-c3ccccc3)no2)CCCN(C(=O)c2cnccn2)C1. The van der Waals surface area contributed by atoms with Crippen LogP contribution >= 0.6 is 0 Å². The van der Waals surface area contributed by atoms with Crippen LogP contribution in [-0.4, -0.2) is 51.5 Å². The second-order valence-electron chi connectivity index (χ2n) is 7.78. The zero-order chi connectivity index (χ0) is 21.7. The number of carbonyl (C=O) groups is 2. The molecule has 8 nitrogen and oxygen atoms in total. The number of nitrogens with zero attached hydrogens (tertiary/aromatic N) is 4. The van der Waals surface area contributed by atoms with Gasteiger partial charge in [0.25, 0.3) is 5.91 Å². The number of hydrogen-bond donors (Lipinski definition) is 1. The zero-order valence-electron chi connectivity index (χ0n) is 17.5. The molecule has 31 heavy (non-hydrogen) atoms. The molecule has 160 valence electrons. The number of hydrogen-bond acceptors (Lipinski definition) is 6. The van der Waals surface area contributed by atoms with Gasteiger partial charge in [0, 0.05) is 50.1 Å². The summed E-state index contributed by atoms with van der Waals surface area (Å²) in [6.07, 6.45) is 6.21. The van der Waals surface area contributed by atoms with Crippen LogP contribution in [0, 0.1) is 5.41 Å². The summed E-state index contributed by atoms with van der Waals surface area (Å²) in [6, 6.07) is 11.6. The highest BCUT2D eigenvalue weighted by atomic mass is 16.5. The molecule has 1 saturated heterocycles. The molecule has 0 unspecified atom stereocenters. The topological polar surface area (TPSA) is 101 Å². The molecule has 3 aromatic rings. The Morgan fingerprint density at radius 2 is 2.06 bits per heavy atom. The Bertz CT molecular complexity index is 1040. The van der Waals surface area contributed by atoms with E-state index in [0.717, 1.165) is 11.3 Å². The second kappa shape index (κ2) is 9.07. The molecular weight excluding hydrogens is 394 g/mol. The van der Waals surface area contributed by atoms with E-state index in [0.29, 0.717) is 38.1 Å². The van der Waals surface area contributed by atoms with Gasteiger partial charge in [0.2, 0.25) is 5.91 Å². The maximum atomic E-state index is 13.2. The van der Waals surface area contributed by atoms with Crippen molar-refractivity contribution in [2.75, 3.05) is 19.6 Å². The van der Waals surface area contributed by atoms with Gasteiger partial charge in [-0.3, -0.25) is 14.6 Å². The Balaban J connectivity index is 1.59. The summed E-state index contributed by atoms with van der Waals surface area (Å²) >= 11 is 0. The van der Waals surface area contributed by atoms with Crippen molar-refractivity contribution >= 4 is 11.8 Å². The first-order chi connectivity index (χ1) is 15.1. The van der Waals surface area contributed by atoms with Gasteiger partial charge in [-0.1, -0.05) is 35.5 Å². The Kier molecular flexibility index (Phi) is 6.06. The molecule has 0 saturated carbocycles. The smallest absolute Gasteiger partial charge is 0.274 e. The second-order valence-corrected chi connectivity index (χ2v) is 7.78. The predicted molar refractivity (Wildman–Crippen MR) is 114 cm³/mol. The quantitative estimate of drug-likeness (QED) is 0.659. The largest absolute Gasteiger partial charge is 0.361 e. The van der Waals surface area contributed by atoms with Crippen molar-refractivity contribution in [3.63, 3.8) is 0 Å². The lowest BCUT2D eigenvalue weighted by atomic mass is 9.75. The first kappa shape index (κ1) is 20.7. The summed E-state index contributed by atoms with van der Waals surface area (Å²) in [7, 11) is 0. The molecule has 0 spiro atoms. The number of rotatable bonds is 6. The van der Waals surface area contributed by atoms with Gasteiger partial charge in [-0.25, -0.2) is 4.98 Å². The maximum Gasteiger partial charge on any atom is 0.274 e. The molecule has 1 aliphatic rings. The Labute approximate surface area is 180 Å². The number of nitrogens with one attached hydrogen (secondary N) is 1. The van der Waals surface area contributed by atoms with Crippen molar-refractivity contribution in [3.05, 3.63) is 66.4 Å². The van der Waals surface area contributed by atoms with E-state index in [1.807, 2.05) is 43.3 Å². The highest BCUT2D eigenvalue weighted by molar-refractivity contribution is 5.93. The van der Waals surface area contributed by atoms with E-state index in [-0.39, 0.29) is 24.1 Å². The van der Waals surface area contributed by atoms with Crippen molar-refractivity contribution < 1.29 is 14.1 Å². The molecule has 3 heterocycles. The van der Waals surface area contributed by atoms with Crippen molar-refractivity contribution in [3.8, 4) is 11.3 Å². The fraction of sp³-hybridized carbons (Fsp3) is 0.348. The highest BCUT2D eigenvalue weighted by Gasteiger charge is 2.44. The van der Waals surface area contributed by atoms with Crippen LogP contribution in [0.2, 0.25) is 0 Å². The third-order valence-electron chi connectivity index (χ3n) is 5.61. The minimum atomic E-state index is -0.792. The summed E-state index contributed by atoms with van der Waals surface area (Å²) < 4.78 is 5.60. The Morgan fingerprint density at radius 1 is 1.23 bits per heavy atom. The number of aromatic nitrogens is 3. The minimum absolute atomic E-state index is 0.0793. The molecule has 1 fully saturated rings. The molecule has 1 aromatic carbocycles. The molecular formula is C23H25N5O3. The summed E-state index contributed by atoms with van der Waals surface area (Å²) in [4.78, 5) is 35.9. The average Bonchev–Trinajstić information content (AvgIpc) is 3.28. The lowest BCUT2D eigenvalue weighted by Crippen LogP contribution is -2.54. The van der Waals surface area contributed by atoms with E-state index < -0.39 is 5.41 Å². The normalized spacial score (nSPS) is 18.5. The molecule has 1 N–H and O–H groups in total. The fourth-order valence-electron chi connectivity index (χ4n) is 4.11. The van der Waals surface area contributed by atoms with Gasteiger partial charge in [0.1, 0.15) is 17.1 Å². The van der Waals surface area contributed by atoms with Crippen LogP contribution in [0.15, 0.2) is 59.5 Å². The summed E-state index contributed by atoms with van der Waals surface area (Å²) in [5, 5.41) is 7.13. The molecule has 1 aliphatic heterocycles. The molecule has 0 aliphatic carbocycles. The van der Waals surface area contributed by atoms with Gasteiger partial charge in [0.15, 0.2) is 0 Å². The summed E-state index contributed by atoms with van der Waals surface area (Å²) in [5.41, 5.74) is 1.16. The summed E-state index contributed by atoms with van der Waals surface area (Å²) in [6.45, 7) is 3.26. The van der Waals surface area contributed by atoms with Crippen LogP contribution in [0.4, 0.5) is 0 Å². The van der Waals surface area contributed by atoms with Crippen molar-refractivity contribution in [1.29, 1.82) is 0 Å². The third-order valence-corrected chi connectivity index (χ3v) is 5.61. The van der Waals surface area contributed by atoms with Crippen molar-refractivity contribution in [1.82, 2.24) is 25.3 Å². The zero-order valence-corrected chi connectivity index (χ0v) is 17.5. The van der Waals surface area contributed by atoms with Gasteiger partial charge in [0.05, 0.1) is 11.6 Å². The molecule has 2 aromatic heterocycles. The number of benzene rings is 1. The van der Waals surface area contributed by atoms with E-state index in [1.54, 1.807) is 4.90 Å². The number of likely N-dealkylation sites (tertiary alicyclic amines) is 1. The van der Waals surface area contributed by atoms with Gasteiger partial charge in [-0.2, -0.15) is 0 Å². The highest BCUT2D eigenvalue weighted by Crippen LogP contribution is 2.35. The average molecular weight is 419 g/mol. The van der Waals surface area contributed by atoms with Crippen molar-refractivity contribution in [2.45, 2.75) is 26.2 Å². The third kappa shape index (κ3) is 4.47. The predicted octanol–water partition coefficient (Wildman–Crippen LogP) is 2.73. The van der Waals surface area contributed by atoms with Crippen LogP contribution < -0.4 is 5.32 Å². The standard InChI is InChI=1S/C23H25N5O3/c1-2-25-22(30)23(14-18-13-19(27-31-18)17-7-4-3-5-8-17)9-6-12-28(16-23)21(29)20-15-24-10-11-26-20/h3-5,7-8,10-11,13,15H,2,6,9,12,14,16H2,1H3,(H,25,30)/t23-/m1/s1. The minimum Gasteiger partial charge on any atom is -0.361 e. The van der Waals surface area contributed by atoms with E-state index in [9.17, 15) is 9.59 Å². The van der Waals surface area contributed by atoms with Crippen LogP contribution in [0.25, 0.3) is 11.3 Å². The molecule has 1 atom stereocenters. The molecule has 4 rings (SSSR count). The Hall–Kier alpha value is -3.55.